The monoisotopic (exact) mass is 191 g/mol. The number of nitrogen functional groups attached to an aromatic ring is 1. The Morgan fingerprint density at radius 2 is 2.14 bits per heavy atom. The number of benzene rings is 1. The Labute approximate surface area is 82.9 Å². The topological polar surface area (TPSA) is 49.6 Å². The first kappa shape index (κ1) is 8.87. The number of carbonyl (C=O) groups excluding carboxylic acids is 1. The van der Waals surface area contributed by atoms with Crippen molar-refractivity contribution in [3.05, 3.63) is 24.3 Å². The van der Waals surface area contributed by atoms with E-state index in [0.717, 1.165) is 18.8 Å². The summed E-state index contributed by atoms with van der Waals surface area (Å²) in [4.78, 5) is 15.1. The number of urea groups is 1. The number of nitrogens with two attached hydrogens (primary N) is 1. The molecule has 0 aromatic heterocycles. The maximum absolute atomic E-state index is 11.6. The largest absolute Gasteiger partial charge is 0.399 e. The molecule has 0 unspecified atom stereocenters. The lowest BCUT2D eigenvalue weighted by Crippen LogP contribution is -2.29. The molecule has 1 aromatic rings. The van der Waals surface area contributed by atoms with E-state index in [9.17, 15) is 4.79 Å². The van der Waals surface area contributed by atoms with Gasteiger partial charge in [-0.25, -0.2) is 4.79 Å². The van der Waals surface area contributed by atoms with Gasteiger partial charge in [-0.1, -0.05) is 6.07 Å². The highest BCUT2D eigenvalue weighted by atomic mass is 16.2. The minimum atomic E-state index is 0.0376. The van der Waals surface area contributed by atoms with Gasteiger partial charge >= 0.3 is 6.03 Å². The molecule has 2 rings (SSSR count). The SMILES string of the molecule is CN1CCN(c2cccc(N)c2)C1=O. The molecule has 0 atom stereocenters. The quantitative estimate of drug-likeness (QED) is 0.677. The number of nitrogens with zero attached hydrogens (tertiary/aromatic N) is 2. The second-order valence-corrected chi connectivity index (χ2v) is 3.45. The van der Waals surface area contributed by atoms with Crippen molar-refractivity contribution in [2.75, 3.05) is 30.8 Å². The lowest BCUT2D eigenvalue weighted by Gasteiger charge is -2.16. The average Bonchev–Trinajstić information content (AvgIpc) is 2.48. The number of hydrogen-bond acceptors (Lipinski definition) is 2. The molecule has 1 fully saturated rings. The van der Waals surface area contributed by atoms with E-state index in [-0.39, 0.29) is 6.03 Å². The zero-order valence-corrected chi connectivity index (χ0v) is 8.10. The highest BCUT2D eigenvalue weighted by Gasteiger charge is 2.26. The summed E-state index contributed by atoms with van der Waals surface area (Å²) in [5.74, 6) is 0. The molecule has 0 saturated carbocycles. The van der Waals surface area contributed by atoms with Crippen LogP contribution in [0, 0.1) is 0 Å². The van der Waals surface area contributed by atoms with Crippen LogP contribution in [0.4, 0.5) is 16.2 Å². The van der Waals surface area contributed by atoms with Gasteiger partial charge in [-0.15, -0.1) is 0 Å². The minimum Gasteiger partial charge on any atom is -0.399 e. The fraction of sp³-hybridized carbons (Fsp3) is 0.300. The fourth-order valence-electron chi connectivity index (χ4n) is 1.58. The number of carbonyl (C=O) groups is 1. The number of amides is 2. The van der Waals surface area contributed by atoms with Crippen molar-refractivity contribution in [2.24, 2.45) is 0 Å². The molecule has 74 valence electrons. The normalized spacial score (nSPS) is 16.5. The minimum absolute atomic E-state index is 0.0376. The summed E-state index contributed by atoms with van der Waals surface area (Å²) in [5, 5.41) is 0. The summed E-state index contributed by atoms with van der Waals surface area (Å²) >= 11 is 0. The van der Waals surface area contributed by atoms with Crippen molar-refractivity contribution in [1.29, 1.82) is 0 Å². The van der Waals surface area contributed by atoms with Gasteiger partial charge in [0.05, 0.1) is 0 Å². The molecule has 1 aliphatic rings. The van der Waals surface area contributed by atoms with Crippen LogP contribution in [0.3, 0.4) is 0 Å². The fourth-order valence-corrected chi connectivity index (χ4v) is 1.58. The van der Waals surface area contributed by atoms with E-state index in [1.54, 1.807) is 16.8 Å². The number of hydrogen-bond donors (Lipinski definition) is 1. The summed E-state index contributed by atoms with van der Waals surface area (Å²) in [6.45, 7) is 1.51. The third-order valence-corrected chi connectivity index (χ3v) is 2.40. The third-order valence-electron chi connectivity index (χ3n) is 2.40. The van der Waals surface area contributed by atoms with Gasteiger partial charge < -0.3 is 10.6 Å². The summed E-state index contributed by atoms with van der Waals surface area (Å²) in [7, 11) is 1.80. The smallest absolute Gasteiger partial charge is 0.324 e. The van der Waals surface area contributed by atoms with Gasteiger partial charge in [0.15, 0.2) is 0 Å². The maximum atomic E-state index is 11.6. The van der Waals surface area contributed by atoms with Gasteiger partial charge in [-0.05, 0) is 18.2 Å². The van der Waals surface area contributed by atoms with Crippen LogP contribution in [0.1, 0.15) is 0 Å². The van der Waals surface area contributed by atoms with Crippen molar-refractivity contribution >= 4 is 17.4 Å². The number of anilines is 2. The first-order chi connectivity index (χ1) is 6.68. The molecule has 0 aliphatic carbocycles. The lowest BCUT2D eigenvalue weighted by molar-refractivity contribution is 0.229. The first-order valence-corrected chi connectivity index (χ1v) is 4.56. The van der Waals surface area contributed by atoms with Crippen LogP contribution < -0.4 is 10.6 Å². The molecule has 4 heteroatoms. The van der Waals surface area contributed by atoms with Crippen LogP contribution in [0.15, 0.2) is 24.3 Å². The van der Waals surface area contributed by atoms with E-state index >= 15 is 0 Å². The third kappa shape index (κ3) is 1.39. The van der Waals surface area contributed by atoms with Crippen LogP contribution in [-0.4, -0.2) is 31.1 Å². The predicted molar refractivity (Wildman–Crippen MR) is 56.2 cm³/mol. The van der Waals surface area contributed by atoms with Crippen molar-refractivity contribution in [1.82, 2.24) is 4.90 Å². The van der Waals surface area contributed by atoms with Gasteiger partial charge in [0, 0.05) is 31.5 Å². The average molecular weight is 191 g/mol. The lowest BCUT2D eigenvalue weighted by atomic mass is 10.2. The maximum Gasteiger partial charge on any atom is 0.324 e. The number of rotatable bonds is 1. The standard InChI is InChI=1S/C10H13N3O/c1-12-5-6-13(10(12)14)9-4-2-3-8(11)7-9/h2-4,7H,5-6,11H2,1H3. The predicted octanol–water partition coefficient (Wildman–Crippen LogP) is 1.14. The molecule has 0 spiro atoms. The first-order valence-electron chi connectivity index (χ1n) is 4.56. The summed E-state index contributed by atoms with van der Waals surface area (Å²) in [6.07, 6.45) is 0. The highest BCUT2D eigenvalue weighted by Crippen LogP contribution is 2.21. The molecular weight excluding hydrogens is 178 g/mol. The van der Waals surface area contributed by atoms with Crippen LogP contribution in [0.25, 0.3) is 0 Å². The molecule has 1 aromatic carbocycles. The van der Waals surface area contributed by atoms with E-state index in [0.29, 0.717) is 5.69 Å². The number of likely N-dealkylation sites (N-methyl/N-ethyl adjacent to an activating group) is 1. The van der Waals surface area contributed by atoms with Gasteiger partial charge in [-0.2, -0.15) is 0 Å². The molecule has 1 saturated heterocycles. The molecule has 2 N–H and O–H groups in total. The molecule has 0 radical (unpaired) electrons. The summed E-state index contributed by atoms with van der Waals surface area (Å²) < 4.78 is 0. The van der Waals surface area contributed by atoms with E-state index in [4.69, 9.17) is 5.73 Å². The zero-order valence-electron chi connectivity index (χ0n) is 8.10. The van der Waals surface area contributed by atoms with Crippen LogP contribution in [0.2, 0.25) is 0 Å². The van der Waals surface area contributed by atoms with Crippen LogP contribution in [-0.2, 0) is 0 Å². The van der Waals surface area contributed by atoms with E-state index in [1.165, 1.54) is 0 Å². The van der Waals surface area contributed by atoms with Gasteiger partial charge in [0.2, 0.25) is 0 Å². The summed E-state index contributed by atoms with van der Waals surface area (Å²) in [6, 6.07) is 7.42. The van der Waals surface area contributed by atoms with Crippen molar-refractivity contribution in [3.63, 3.8) is 0 Å². The Kier molecular flexibility index (Phi) is 2.04. The molecule has 1 heterocycles. The van der Waals surface area contributed by atoms with Gasteiger partial charge in [-0.3, -0.25) is 4.90 Å². The highest BCUT2D eigenvalue weighted by molar-refractivity contribution is 5.94. The Morgan fingerprint density at radius 3 is 2.71 bits per heavy atom. The second-order valence-electron chi connectivity index (χ2n) is 3.45. The Hall–Kier alpha value is -1.71. The van der Waals surface area contributed by atoms with Crippen molar-refractivity contribution in [2.45, 2.75) is 0 Å². The molecule has 4 nitrogen and oxygen atoms in total. The van der Waals surface area contributed by atoms with Crippen LogP contribution in [0.5, 0.6) is 0 Å². The van der Waals surface area contributed by atoms with E-state index in [1.807, 2.05) is 24.3 Å². The zero-order chi connectivity index (χ0) is 10.1. The Morgan fingerprint density at radius 1 is 1.36 bits per heavy atom. The van der Waals surface area contributed by atoms with Crippen LogP contribution >= 0.6 is 0 Å². The Bertz CT molecular complexity index is 364. The van der Waals surface area contributed by atoms with E-state index < -0.39 is 0 Å². The Balaban J connectivity index is 2.28. The van der Waals surface area contributed by atoms with Crippen molar-refractivity contribution in [3.8, 4) is 0 Å². The van der Waals surface area contributed by atoms with Crippen molar-refractivity contribution < 1.29 is 4.79 Å². The molecule has 0 bridgehead atoms. The van der Waals surface area contributed by atoms with Gasteiger partial charge in [0.25, 0.3) is 0 Å². The molecular formula is C10H13N3O. The molecule has 14 heavy (non-hydrogen) atoms. The molecule has 2 amide bonds. The second kappa shape index (κ2) is 3.21. The van der Waals surface area contributed by atoms with Gasteiger partial charge in [0.1, 0.15) is 0 Å². The van der Waals surface area contributed by atoms with E-state index in [2.05, 4.69) is 0 Å². The molecule has 1 aliphatic heterocycles. The summed E-state index contributed by atoms with van der Waals surface area (Å²) in [5.41, 5.74) is 7.21.